The molecule has 2 aromatic carbocycles. The van der Waals surface area contributed by atoms with Crippen molar-refractivity contribution in [3.8, 4) is 0 Å². The SMILES string of the molecule is O=c1n(Cc2cccc(F)c2)nc2nc(Nc3ccc(F)cc3)ccn12. The second-order valence-electron chi connectivity index (χ2n) is 5.68. The number of nitrogens with one attached hydrogen (secondary N) is 1. The van der Waals surface area contributed by atoms with Gasteiger partial charge in [0.05, 0.1) is 6.54 Å². The Bertz CT molecular complexity index is 1130. The van der Waals surface area contributed by atoms with Gasteiger partial charge in [-0.2, -0.15) is 4.98 Å². The zero-order chi connectivity index (χ0) is 18.1. The van der Waals surface area contributed by atoms with Crippen LogP contribution in [0.5, 0.6) is 0 Å². The minimum Gasteiger partial charge on any atom is -0.340 e. The largest absolute Gasteiger partial charge is 0.351 e. The summed E-state index contributed by atoms with van der Waals surface area (Å²) in [6.45, 7) is 0.140. The van der Waals surface area contributed by atoms with Gasteiger partial charge in [0, 0.05) is 11.9 Å². The van der Waals surface area contributed by atoms with Gasteiger partial charge in [-0.25, -0.2) is 22.7 Å². The fourth-order valence-corrected chi connectivity index (χ4v) is 2.57. The Labute approximate surface area is 146 Å². The lowest BCUT2D eigenvalue weighted by atomic mass is 10.2. The topological polar surface area (TPSA) is 64.2 Å². The van der Waals surface area contributed by atoms with Crippen LogP contribution in [0.2, 0.25) is 0 Å². The third kappa shape index (κ3) is 3.16. The van der Waals surface area contributed by atoms with E-state index in [9.17, 15) is 13.6 Å². The van der Waals surface area contributed by atoms with Crippen LogP contribution in [0.3, 0.4) is 0 Å². The van der Waals surface area contributed by atoms with Crippen LogP contribution in [0.1, 0.15) is 5.56 Å². The summed E-state index contributed by atoms with van der Waals surface area (Å²) >= 11 is 0. The predicted octanol–water partition coefficient (Wildman–Crippen LogP) is 2.96. The Morgan fingerprint density at radius 3 is 2.58 bits per heavy atom. The second kappa shape index (κ2) is 6.40. The Hall–Kier alpha value is -3.55. The van der Waals surface area contributed by atoms with Gasteiger partial charge in [-0.1, -0.05) is 12.1 Å². The summed E-state index contributed by atoms with van der Waals surface area (Å²) in [4.78, 5) is 16.7. The molecule has 6 nitrogen and oxygen atoms in total. The van der Waals surface area contributed by atoms with E-state index in [4.69, 9.17) is 0 Å². The molecule has 0 saturated heterocycles. The summed E-state index contributed by atoms with van der Waals surface area (Å²) in [5.41, 5.74) is 0.912. The maximum atomic E-state index is 13.3. The highest BCUT2D eigenvalue weighted by Crippen LogP contribution is 2.15. The molecule has 0 aliphatic rings. The van der Waals surface area contributed by atoms with Crippen LogP contribution in [-0.4, -0.2) is 19.2 Å². The molecule has 0 bridgehead atoms. The lowest BCUT2D eigenvalue weighted by molar-refractivity contribution is 0.615. The van der Waals surface area contributed by atoms with Crippen molar-refractivity contribution in [2.45, 2.75) is 6.54 Å². The lowest BCUT2D eigenvalue weighted by Gasteiger charge is -2.04. The predicted molar refractivity (Wildman–Crippen MR) is 92.4 cm³/mol. The molecule has 0 spiro atoms. The highest BCUT2D eigenvalue weighted by atomic mass is 19.1. The van der Waals surface area contributed by atoms with E-state index in [-0.39, 0.29) is 29.6 Å². The van der Waals surface area contributed by atoms with Gasteiger partial charge in [0.2, 0.25) is 0 Å². The van der Waals surface area contributed by atoms with Gasteiger partial charge in [0.25, 0.3) is 5.78 Å². The van der Waals surface area contributed by atoms with Crippen LogP contribution < -0.4 is 11.0 Å². The maximum Gasteiger partial charge on any atom is 0.351 e. The quantitative estimate of drug-likeness (QED) is 0.613. The highest BCUT2D eigenvalue weighted by molar-refractivity contribution is 5.57. The number of nitrogens with zero attached hydrogens (tertiary/aromatic N) is 4. The molecule has 0 aliphatic heterocycles. The van der Waals surface area contributed by atoms with E-state index in [1.165, 1.54) is 33.3 Å². The number of halogens is 2. The molecule has 2 heterocycles. The van der Waals surface area contributed by atoms with Crippen LogP contribution in [0.4, 0.5) is 20.3 Å². The molecule has 8 heteroatoms. The molecule has 0 saturated carbocycles. The van der Waals surface area contributed by atoms with Crippen LogP contribution in [0.25, 0.3) is 5.78 Å². The number of hydrogen-bond donors (Lipinski definition) is 1. The van der Waals surface area contributed by atoms with E-state index in [0.717, 1.165) is 0 Å². The van der Waals surface area contributed by atoms with Crippen molar-refractivity contribution in [3.63, 3.8) is 0 Å². The Kier molecular flexibility index (Phi) is 3.92. The summed E-state index contributed by atoms with van der Waals surface area (Å²) in [6, 6.07) is 13.4. The molecule has 4 rings (SSSR count). The zero-order valence-electron chi connectivity index (χ0n) is 13.4. The molecule has 2 aromatic heterocycles. The Morgan fingerprint density at radius 1 is 1.00 bits per heavy atom. The molecule has 0 atom stereocenters. The van der Waals surface area contributed by atoms with Crippen molar-refractivity contribution in [3.05, 3.63) is 88.5 Å². The number of rotatable bonds is 4. The first-order chi connectivity index (χ1) is 12.6. The van der Waals surface area contributed by atoms with Crippen molar-refractivity contribution in [1.29, 1.82) is 0 Å². The van der Waals surface area contributed by atoms with Crippen LogP contribution >= 0.6 is 0 Å². The molecule has 4 aromatic rings. The summed E-state index contributed by atoms with van der Waals surface area (Å²) in [5, 5.41) is 7.20. The first-order valence-corrected chi connectivity index (χ1v) is 7.82. The van der Waals surface area contributed by atoms with E-state index in [1.54, 1.807) is 36.5 Å². The summed E-state index contributed by atoms with van der Waals surface area (Å²) in [7, 11) is 0. The van der Waals surface area contributed by atoms with Gasteiger partial charge >= 0.3 is 5.69 Å². The van der Waals surface area contributed by atoms with Gasteiger partial charge in [-0.3, -0.25) is 0 Å². The summed E-state index contributed by atoms with van der Waals surface area (Å²) in [6.07, 6.45) is 1.55. The number of aromatic nitrogens is 4. The molecular weight excluding hydrogens is 340 g/mol. The third-order valence-electron chi connectivity index (χ3n) is 3.79. The smallest absolute Gasteiger partial charge is 0.340 e. The number of fused-ring (bicyclic) bond motifs is 1. The van der Waals surface area contributed by atoms with E-state index in [1.807, 2.05) is 0 Å². The maximum absolute atomic E-state index is 13.3. The van der Waals surface area contributed by atoms with Crippen LogP contribution in [-0.2, 0) is 6.54 Å². The molecule has 0 fully saturated rings. The van der Waals surface area contributed by atoms with Gasteiger partial charge in [-0.05, 0) is 48.0 Å². The van der Waals surface area contributed by atoms with E-state index in [0.29, 0.717) is 17.1 Å². The average molecular weight is 353 g/mol. The first-order valence-electron chi connectivity index (χ1n) is 7.82. The summed E-state index contributed by atoms with van der Waals surface area (Å²) < 4.78 is 28.8. The summed E-state index contributed by atoms with van der Waals surface area (Å²) in [5.74, 6) is -0.0321. The molecule has 0 unspecified atom stereocenters. The lowest BCUT2D eigenvalue weighted by Crippen LogP contribution is -2.21. The molecule has 0 aliphatic carbocycles. The first kappa shape index (κ1) is 15.9. The van der Waals surface area contributed by atoms with E-state index >= 15 is 0 Å². The Balaban J connectivity index is 1.64. The van der Waals surface area contributed by atoms with Crippen molar-refractivity contribution in [2.75, 3.05) is 5.32 Å². The Morgan fingerprint density at radius 2 is 1.81 bits per heavy atom. The van der Waals surface area contributed by atoms with Gasteiger partial charge in [0.1, 0.15) is 17.5 Å². The normalized spacial score (nSPS) is 11.0. The minimum absolute atomic E-state index is 0.140. The molecule has 0 radical (unpaired) electrons. The van der Waals surface area contributed by atoms with Gasteiger partial charge in [0.15, 0.2) is 0 Å². The number of hydrogen-bond acceptors (Lipinski definition) is 4. The second-order valence-corrected chi connectivity index (χ2v) is 5.68. The van der Waals surface area contributed by atoms with Crippen molar-refractivity contribution in [1.82, 2.24) is 19.2 Å². The van der Waals surface area contributed by atoms with E-state index in [2.05, 4.69) is 15.4 Å². The van der Waals surface area contributed by atoms with Crippen LogP contribution in [0.15, 0.2) is 65.6 Å². The van der Waals surface area contributed by atoms with Gasteiger partial charge < -0.3 is 5.32 Å². The average Bonchev–Trinajstić information content (AvgIpc) is 2.92. The fraction of sp³-hybridized carbons (Fsp3) is 0.0556. The van der Waals surface area contributed by atoms with Crippen molar-refractivity contribution < 1.29 is 8.78 Å². The fourth-order valence-electron chi connectivity index (χ4n) is 2.57. The monoisotopic (exact) mass is 353 g/mol. The number of benzene rings is 2. The molecule has 130 valence electrons. The minimum atomic E-state index is -0.372. The van der Waals surface area contributed by atoms with Crippen molar-refractivity contribution in [2.24, 2.45) is 0 Å². The molecular formula is C18H13F2N5O. The number of anilines is 2. The molecule has 0 amide bonds. The third-order valence-corrected chi connectivity index (χ3v) is 3.79. The van der Waals surface area contributed by atoms with Gasteiger partial charge in [-0.15, -0.1) is 5.10 Å². The molecule has 1 N–H and O–H groups in total. The van der Waals surface area contributed by atoms with Crippen LogP contribution in [0, 0.1) is 11.6 Å². The zero-order valence-corrected chi connectivity index (χ0v) is 13.4. The van der Waals surface area contributed by atoms with E-state index < -0.39 is 0 Å². The molecule has 26 heavy (non-hydrogen) atoms. The standard InChI is InChI=1S/C18H13F2N5O/c19-13-4-6-15(7-5-13)21-16-8-9-24-17(22-16)23-25(18(24)26)11-12-2-1-3-14(20)10-12/h1-10H,11H2,(H,21,22,23). The van der Waals surface area contributed by atoms with Crippen molar-refractivity contribution >= 4 is 17.3 Å². The highest BCUT2D eigenvalue weighted by Gasteiger charge is 2.10.